The van der Waals surface area contributed by atoms with Crippen LogP contribution in [0, 0.1) is 5.92 Å². The average Bonchev–Trinajstić information content (AvgIpc) is 3.04. The van der Waals surface area contributed by atoms with Crippen molar-refractivity contribution >= 4 is 5.91 Å². The lowest BCUT2D eigenvalue weighted by Crippen LogP contribution is -2.47. The van der Waals surface area contributed by atoms with Crippen molar-refractivity contribution in [1.29, 1.82) is 0 Å². The van der Waals surface area contributed by atoms with E-state index in [1.807, 2.05) is 0 Å². The maximum absolute atomic E-state index is 11.9. The van der Waals surface area contributed by atoms with Gasteiger partial charge in [-0.1, -0.05) is 0 Å². The summed E-state index contributed by atoms with van der Waals surface area (Å²) in [6, 6.07) is -0.415. The predicted molar refractivity (Wildman–Crippen MR) is 78.9 cm³/mol. The zero-order valence-corrected chi connectivity index (χ0v) is 12.7. The van der Waals surface area contributed by atoms with E-state index in [9.17, 15) is 4.79 Å². The molecule has 0 spiro atoms. The lowest BCUT2D eigenvalue weighted by molar-refractivity contribution is -0.124. The number of carbonyl (C=O) groups is 1. The van der Waals surface area contributed by atoms with E-state index in [-0.39, 0.29) is 17.9 Å². The lowest BCUT2D eigenvalue weighted by atomic mass is 9.92. The van der Waals surface area contributed by atoms with Crippen molar-refractivity contribution in [3.63, 3.8) is 0 Å². The number of amides is 1. The Balaban J connectivity index is 1.48. The summed E-state index contributed by atoms with van der Waals surface area (Å²) in [5.41, 5.74) is 6.00. The summed E-state index contributed by atoms with van der Waals surface area (Å²) in [6.07, 6.45) is 5.05. The summed E-state index contributed by atoms with van der Waals surface area (Å²) in [6.45, 7) is 4.20. The van der Waals surface area contributed by atoms with Crippen molar-refractivity contribution in [2.75, 3.05) is 39.6 Å². The van der Waals surface area contributed by atoms with E-state index in [1.54, 1.807) is 0 Å². The molecule has 6 nitrogen and oxygen atoms in total. The first-order valence-electron chi connectivity index (χ1n) is 8.08. The Bertz CT molecular complexity index is 302. The highest BCUT2D eigenvalue weighted by Gasteiger charge is 2.26. The Hall–Kier alpha value is -0.690. The first-order chi connectivity index (χ1) is 10.3. The minimum absolute atomic E-state index is 0.0546. The van der Waals surface area contributed by atoms with Crippen molar-refractivity contribution in [1.82, 2.24) is 5.32 Å². The Kier molecular flexibility index (Phi) is 7.43. The van der Waals surface area contributed by atoms with Crippen LogP contribution in [0.2, 0.25) is 0 Å². The number of nitrogens with one attached hydrogen (secondary N) is 1. The monoisotopic (exact) mass is 300 g/mol. The molecule has 122 valence electrons. The Morgan fingerprint density at radius 3 is 2.81 bits per heavy atom. The molecule has 0 radical (unpaired) electrons. The first-order valence-corrected chi connectivity index (χ1v) is 8.08. The Labute approximate surface area is 126 Å². The van der Waals surface area contributed by atoms with Gasteiger partial charge in [0.25, 0.3) is 0 Å². The zero-order valence-electron chi connectivity index (χ0n) is 12.7. The highest BCUT2D eigenvalue weighted by molar-refractivity contribution is 5.81. The highest BCUT2D eigenvalue weighted by atomic mass is 16.5. The third kappa shape index (κ3) is 5.90. The van der Waals surface area contributed by atoms with Gasteiger partial charge in [-0.25, -0.2) is 0 Å². The molecule has 3 N–H and O–H groups in total. The number of rotatable bonds is 8. The van der Waals surface area contributed by atoms with Crippen molar-refractivity contribution in [3.8, 4) is 0 Å². The molecule has 2 saturated heterocycles. The van der Waals surface area contributed by atoms with Crippen LogP contribution < -0.4 is 11.1 Å². The van der Waals surface area contributed by atoms with E-state index < -0.39 is 6.04 Å². The summed E-state index contributed by atoms with van der Waals surface area (Å²) in [7, 11) is 0. The topological polar surface area (TPSA) is 82.8 Å². The van der Waals surface area contributed by atoms with E-state index in [4.69, 9.17) is 19.9 Å². The Morgan fingerprint density at radius 1 is 1.29 bits per heavy atom. The molecule has 0 aliphatic carbocycles. The molecule has 0 saturated carbocycles. The van der Waals surface area contributed by atoms with Gasteiger partial charge in [0.2, 0.25) is 5.91 Å². The molecular formula is C15H28N2O4. The number of hydrogen-bond acceptors (Lipinski definition) is 5. The molecule has 1 amide bonds. The van der Waals surface area contributed by atoms with Crippen LogP contribution in [0.5, 0.6) is 0 Å². The molecule has 2 rings (SSSR count). The summed E-state index contributed by atoms with van der Waals surface area (Å²) >= 11 is 0. The van der Waals surface area contributed by atoms with Gasteiger partial charge < -0.3 is 25.3 Å². The summed E-state index contributed by atoms with van der Waals surface area (Å²) < 4.78 is 16.3. The number of ether oxygens (including phenoxy) is 3. The van der Waals surface area contributed by atoms with Crippen LogP contribution in [0.25, 0.3) is 0 Å². The maximum atomic E-state index is 11.9. The molecule has 2 heterocycles. The summed E-state index contributed by atoms with van der Waals surface area (Å²) in [5, 5.41) is 2.89. The fourth-order valence-electron chi connectivity index (χ4n) is 2.78. The molecule has 2 fully saturated rings. The third-order valence-corrected chi connectivity index (χ3v) is 4.17. The zero-order chi connectivity index (χ0) is 14.9. The molecule has 6 heteroatoms. The fraction of sp³-hybridized carbons (Fsp3) is 0.933. The van der Waals surface area contributed by atoms with Crippen molar-refractivity contribution < 1.29 is 19.0 Å². The third-order valence-electron chi connectivity index (χ3n) is 4.17. The molecule has 2 aliphatic heterocycles. The molecule has 2 unspecified atom stereocenters. The van der Waals surface area contributed by atoms with E-state index in [0.717, 1.165) is 38.7 Å². The van der Waals surface area contributed by atoms with E-state index in [0.29, 0.717) is 33.0 Å². The lowest BCUT2D eigenvalue weighted by Gasteiger charge is -2.26. The van der Waals surface area contributed by atoms with E-state index >= 15 is 0 Å². The van der Waals surface area contributed by atoms with Gasteiger partial charge in [-0.05, 0) is 38.0 Å². The quantitative estimate of drug-likeness (QED) is 0.636. The van der Waals surface area contributed by atoms with Gasteiger partial charge in [-0.2, -0.15) is 0 Å². The van der Waals surface area contributed by atoms with Gasteiger partial charge in [0.1, 0.15) is 0 Å². The molecule has 2 atom stereocenters. The molecule has 21 heavy (non-hydrogen) atoms. The van der Waals surface area contributed by atoms with Gasteiger partial charge in [-0.3, -0.25) is 4.79 Å². The summed E-state index contributed by atoms with van der Waals surface area (Å²) in [4.78, 5) is 11.9. The van der Waals surface area contributed by atoms with Crippen molar-refractivity contribution in [2.24, 2.45) is 11.7 Å². The molecular weight excluding hydrogens is 272 g/mol. The largest absolute Gasteiger partial charge is 0.381 e. The minimum Gasteiger partial charge on any atom is -0.381 e. The van der Waals surface area contributed by atoms with Crippen LogP contribution in [-0.2, 0) is 19.0 Å². The van der Waals surface area contributed by atoms with Gasteiger partial charge in [0, 0.05) is 33.0 Å². The van der Waals surface area contributed by atoms with E-state index in [2.05, 4.69) is 5.32 Å². The molecule has 0 aromatic heterocycles. The van der Waals surface area contributed by atoms with Crippen LogP contribution in [0.3, 0.4) is 0 Å². The number of carbonyl (C=O) groups excluding carboxylic acids is 1. The molecule has 0 aromatic rings. The smallest absolute Gasteiger partial charge is 0.237 e. The van der Waals surface area contributed by atoms with E-state index in [1.165, 1.54) is 0 Å². The second-order valence-corrected chi connectivity index (χ2v) is 5.83. The summed E-state index contributed by atoms with van der Waals surface area (Å²) in [5.74, 6) is 0.190. The predicted octanol–water partition coefficient (Wildman–Crippen LogP) is 0.442. The maximum Gasteiger partial charge on any atom is 0.237 e. The second kappa shape index (κ2) is 9.35. The van der Waals surface area contributed by atoms with Crippen molar-refractivity contribution in [2.45, 2.75) is 44.2 Å². The SMILES string of the molecule is NC(C(=O)NCCCOCC1CCCO1)C1CCOCC1. The second-order valence-electron chi connectivity index (χ2n) is 5.83. The van der Waals surface area contributed by atoms with Crippen molar-refractivity contribution in [3.05, 3.63) is 0 Å². The Morgan fingerprint density at radius 2 is 2.10 bits per heavy atom. The normalized spacial score (nSPS) is 24.9. The van der Waals surface area contributed by atoms with Gasteiger partial charge in [-0.15, -0.1) is 0 Å². The van der Waals surface area contributed by atoms with Crippen LogP contribution in [0.15, 0.2) is 0 Å². The molecule has 0 aromatic carbocycles. The van der Waals surface area contributed by atoms with Gasteiger partial charge in [0.15, 0.2) is 0 Å². The van der Waals surface area contributed by atoms with Crippen LogP contribution in [-0.4, -0.2) is 57.6 Å². The first kappa shape index (κ1) is 16.7. The minimum atomic E-state index is -0.415. The van der Waals surface area contributed by atoms with Gasteiger partial charge in [0.05, 0.1) is 18.8 Å². The van der Waals surface area contributed by atoms with Crippen LogP contribution in [0.4, 0.5) is 0 Å². The molecule has 2 aliphatic rings. The number of nitrogens with two attached hydrogens (primary N) is 1. The number of hydrogen-bond donors (Lipinski definition) is 2. The van der Waals surface area contributed by atoms with Crippen LogP contribution in [0.1, 0.15) is 32.1 Å². The molecule has 0 bridgehead atoms. The standard InChI is InChI=1S/C15H28N2O4/c16-14(12-4-9-19-10-5-12)15(18)17-6-2-7-20-11-13-3-1-8-21-13/h12-14H,1-11,16H2,(H,17,18). The van der Waals surface area contributed by atoms with Crippen LogP contribution >= 0.6 is 0 Å². The fourth-order valence-corrected chi connectivity index (χ4v) is 2.78. The highest BCUT2D eigenvalue weighted by Crippen LogP contribution is 2.17. The van der Waals surface area contributed by atoms with Gasteiger partial charge >= 0.3 is 0 Å². The average molecular weight is 300 g/mol.